The van der Waals surface area contributed by atoms with E-state index in [4.69, 9.17) is 16.4 Å². The Kier molecular flexibility index (Phi) is 6.09. The van der Waals surface area contributed by atoms with Gasteiger partial charge in [0.25, 0.3) is 0 Å². The number of anilines is 1. The van der Waals surface area contributed by atoms with Crippen LogP contribution in [0.2, 0.25) is 5.02 Å². The zero-order chi connectivity index (χ0) is 25.6. The molecule has 3 heterocycles. The van der Waals surface area contributed by atoms with Crippen LogP contribution in [0, 0.1) is 10.6 Å². The predicted octanol–water partition coefficient (Wildman–Crippen LogP) is 4.27. The first-order chi connectivity index (χ1) is 17.1. The van der Waals surface area contributed by atoms with Gasteiger partial charge in [-0.1, -0.05) is 17.7 Å². The van der Waals surface area contributed by atoms with E-state index in [0.717, 1.165) is 0 Å². The number of halogens is 2. The minimum atomic E-state index is -2.55. The Labute approximate surface area is 212 Å². The zero-order valence-corrected chi connectivity index (χ0v) is 20.9. The van der Waals surface area contributed by atoms with Crippen LogP contribution in [0.15, 0.2) is 65.8 Å². The Morgan fingerprint density at radius 1 is 1.06 bits per heavy atom. The topological polar surface area (TPSA) is 104 Å². The molecule has 4 aromatic rings. The minimum absolute atomic E-state index is 0.123. The molecule has 8 nitrogen and oxygen atoms in total. The van der Waals surface area contributed by atoms with Crippen LogP contribution < -0.4 is 10.6 Å². The predicted molar refractivity (Wildman–Crippen MR) is 139 cm³/mol. The molecule has 0 unspecified atom stereocenters. The highest BCUT2D eigenvalue weighted by molar-refractivity contribution is 7.92. The van der Waals surface area contributed by atoms with E-state index in [1.165, 1.54) is 21.3 Å². The molecular formula is C25H23ClFN5O3S. The maximum absolute atomic E-state index is 14.7. The number of nitrogens with zero attached hydrogens (tertiary/aromatic N) is 4. The van der Waals surface area contributed by atoms with E-state index in [0.29, 0.717) is 35.7 Å². The van der Waals surface area contributed by atoms with Crippen LogP contribution in [0.4, 0.5) is 10.2 Å². The van der Waals surface area contributed by atoms with Gasteiger partial charge in [0, 0.05) is 71.1 Å². The molecular weight excluding hydrogens is 505 g/mol. The summed E-state index contributed by atoms with van der Waals surface area (Å²) in [5.74, 6) is 0.471. The van der Waals surface area contributed by atoms with Gasteiger partial charge in [0.2, 0.25) is 0 Å². The van der Waals surface area contributed by atoms with Crippen LogP contribution in [0.25, 0.3) is 27.9 Å². The summed E-state index contributed by atoms with van der Waals surface area (Å²) in [4.78, 5) is 18.6. The molecule has 0 amide bonds. The van der Waals surface area contributed by atoms with Crippen molar-refractivity contribution in [3.63, 3.8) is 0 Å². The van der Waals surface area contributed by atoms with Gasteiger partial charge in [-0.2, -0.15) is 0 Å². The fourth-order valence-electron chi connectivity index (χ4n) is 4.27. The van der Waals surface area contributed by atoms with Gasteiger partial charge in [-0.15, -0.1) is 0 Å². The van der Waals surface area contributed by atoms with E-state index in [-0.39, 0.29) is 39.1 Å². The number of aromatic hydroxyl groups is 1. The van der Waals surface area contributed by atoms with Crippen LogP contribution in [0.5, 0.6) is 5.75 Å². The first-order valence-corrected chi connectivity index (χ1v) is 13.4. The Balaban J connectivity index is 1.52. The summed E-state index contributed by atoms with van der Waals surface area (Å²) in [6.07, 6.45) is 4.80. The number of imidazole rings is 1. The molecule has 1 aliphatic rings. The number of benzene rings is 2. The molecule has 2 aromatic carbocycles. The molecule has 2 aromatic heterocycles. The molecule has 186 valence electrons. The molecule has 0 aliphatic carbocycles. The normalized spacial score (nSPS) is 15.2. The molecule has 36 heavy (non-hydrogen) atoms. The fraction of sp³-hybridized carbons (Fsp3) is 0.200. The number of aryl methyl sites for hydroxylation is 1. The first-order valence-electron chi connectivity index (χ1n) is 11.2. The van der Waals surface area contributed by atoms with Crippen LogP contribution in [0.1, 0.15) is 0 Å². The fourth-order valence-corrected chi connectivity index (χ4v) is 5.78. The number of hydrogen-bond acceptors (Lipinski definition) is 6. The van der Waals surface area contributed by atoms with Gasteiger partial charge >= 0.3 is 5.69 Å². The summed E-state index contributed by atoms with van der Waals surface area (Å²) in [6.45, 7) is 0.878. The number of phenols is 1. The molecule has 0 bridgehead atoms. The van der Waals surface area contributed by atoms with Crippen molar-refractivity contribution in [3.05, 3.63) is 82.4 Å². The highest BCUT2D eigenvalue weighted by atomic mass is 35.5. The van der Waals surface area contributed by atoms with Crippen molar-refractivity contribution < 1.29 is 13.7 Å². The Morgan fingerprint density at radius 2 is 1.72 bits per heavy atom. The lowest BCUT2D eigenvalue weighted by molar-refractivity contribution is 0.477. The van der Waals surface area contributed by atoms with Crippen molar-refractivity contribution in [2.24, 2.45) is 7.05 Å². The van der Waals surface area contributed by atoms with Crippen LogP contribution in [-0.2, 0) is 16.8 Å². The molecule has 2 N–H and O–H groups in total. The van der Waals surface area contributed by atoms with Crippen LogP contribution in [-0.4, -0.2) is 48.0 Å². The second-order valence-electron chi connectivity index (χ2n) is 8.69. The van der Waals surface area contributed by atoms with Crippen LogP contribution >= 0.6 is 11.6 Å². The molecule has 0 saturated carbocycles. The number of aromatic nitrogens is 3. The van der Waals surface area contributed by atoms with E-state index in [1.807, 2.05) is 4.90 Å². The van der Waals surface area contributed by atoms with E-state index in [2.05, 4.69) is 4.98 Å². The smallest absolute Gasteiger partial charge is 0.332 e. The van der Waals surface area contributed by atoms with Gasteiger partial charge in [0.05, 0.1) is 10.7 Å². The lowest BCUT2D eigenvalue weighted by Gasteiger charge is -2.29. The molecule has 0 spiro atoms. The Bertz CT molecular complexity index is 1630. The van der Waals surface area contributed by atoms with Gasteiger partial charge < -0.3 is 14.6 Å². The summed E-state index contributed by atoms with van der Waals surface area (Å²) in [7, 11) is -0.914. The van der Waals surface area contributed by atoms with Crippen molar-refractivity contribution in [3.8, 4) is 33.7 Å². The number of nitrogens with one attached hydrogen (secondary N) is 1. The van der Waals surface area contributed by atoms with E-state index in [1.54, 1.807) is 56.0 Å². The molecule has 1 aliphatic heterocycles. The molecule has 1 saturated heterocycles. The van der Waals surface area contributed by atoms with Gasteiger partial charge in [-0.3, -0.25) is 9.35 Å². The van der Waals surface area contributed by atoms with Crippen LogP contribution in [0.3, 0.4) is 0 Å². The standard InChI is InChI=1S/C25H23ClFN5O3S/c1-30-6-7-32(25(30)34)22-3-2-16(12-21(22)26)19-14-18(27)15-20(24(19)33)17-4-5-29-23(13-17)31-8-10-36(28,35)11-9-31/h2-7,12-15,28,33H,8-11H2,1H3. The SMILES string of the molecule is Cn1ccn(-c2ccc(-c3cc(F)cc(-c4ccnc(N5CCS(=N)(=O)CC5)c4)c3O)cc2Cl)c1=O. The number of pyridine rings is 1. The minimum Gasteiger partial charge on any atom is -0.507 e. The van der Waals surface area contributed by atoms with Crippen molar-refractivity contribution in [1.29, 1.82) is 4.78 Å². The molecule has 5 rings (SSSR count). The lowest BCUT2D eigenvalue weighted by atomic mass is 9.97. The van der Waals surface area contributed by atoms with Gasteiger partial charge in [0.15, 0.2) is 0 Å². The molecule has 11 heteroatoms. The highest BCUT2D eigenvalue weighted by Crippen LogP contribution is 2.41. The Morgan fingerprint density at radius 3 is 2.33 bits per heavy atom. The Hall–Kier alpha value is -3.63. The second kappa shape index (κ2) is 9.11. The zero-order valence-electron chi connectivity index (χ0n) is 19.3. The maximum atomic E-state index is 14.7. The number of hydrogen-bond donors (Lipinski definition) is 2. The van der Waals surface area contributed by atoms with Gasteiger partial charge in [-0.25, -0.2) is 18.4 Å². The maximum Gasteiger partial charge on any atom is 0.332 e. The van der Waals surface area contributed by atoms with Crippen molar-refractivity contribution >= 4 is 27.1 Å². The second-order valence-corrected chi connectivity index (χ2v) is 11.5. The third kappa shape index (κ3) is 4.49. The first kappa shape index (κ1) is 24.1. The summed E-state index contributed by atoms with van der Waals surface area (Å²) < 4.78 is 37.3. The lowest BCUT2D eigenvalue weighted by Crippen LogP contribution is -2.40. The van der Waals surface area contributed by atoms with E-state index in [9.17, 15) is 18.5 Å². The van der Waals surface area contributed by atoms with E-state index >= 15 is 0 Å². The van der Waals surface area contributed by atoms with E-state index < -0.39 is 15.5 Å². The monoisotopic (exact) mass is 527 g/mol. The summed E-state index contributed by atoms with van der Waals surface area (Å²) in [5, 5.41) is 11.4. The van der Waals surface area contributed by atoms with Crippen molar-refractivity contribution in [2.45, 2.75) is 0 Å². The van der Waals surface area contributed by atoms with Crippen molar-refractivity contribution in [1.82, 2.24) is 14.1 Å². The average molecular weight is 528 g/mol. The molecule has 1 fully saturated rings. The largest absolute Gasteiger partial charge is 0.507 e. The summed E-state index contributed by atoms with van der Waals surface area (Å²) in [5.41, 5.74) is 1.81. The number of rotatable bonds is 4. The average Bonchev–Trinajstić information content (AvgIpc) is 3.18. The summed E-state index contributed by atoms with van der Waals surface area (Å²) >= 11 is 6.48. The third-order valence-electron chi connectivity index (χ3n) is 6.30. The third-order valence-corrected chi connectivity index (χ3v) is 8.29. The quantitative estimate of drug-likeness (QED) is 0.412. The highest BCUT2D eigenvalue weighted by Gasteiger charge is 2.21. The molecule has 0 atom stereocenters. The van der Waals surface area contributed by atoms with Gasteiger partial charge in [-0.05, 0) is 47.5 Å². The van der Waals surface area contributed by atoms with Gasteiger partial charge in [0.1, 0.15) is 17.4 Å². The summed E-state index contributed by atoms with van der Waals surface area (Å²) in [6, 6.07) is 10.8. The van der Waals surface area contributed by atoms with Crippen molar-refractivity contribution in [2.75, 3.05) is 29.5 Å². The molecule has 0 radical (unpaired) electrons. The number of phenolic OH excluding ortho intramolecular Hbond substituents is 1.